The van der Waals surface area contributed by atoms with E-state index in [4.69, 9.17) is 4.42 Å². The number of benzene rings is 2. The molecule has 4 aromatic rings. The number of carbonyl (C=O) groups excluding carboxylic acids is 2. The Labute approximate surface area is 216 Å². The van der Waals surface area contributed by atoms with Crippen LogP contribution in [0.3, 0.4) is 0 Å². The van der Waals surface area contributed by atoms with Gasteiger partial charge in [0.05, 0.1) is 12.8 Å². The summed E-state index contributed by atoms with van der Waals surface area (Å²) in [6.07, 6.45) is 6.20. The van der Waals surface area contributed by atoms with Crippen LogP contribution in [0.4, 0.5) is 0 Å². The van der Waals surface area contributed by atoms with E-state index in [1.807, 2.05) is 48.7 Å². The standard InChI is InChI=1S/C30H32N4O3/c35-28-27(19-23-20-31-26-11-5-4-10-25(23)26)32-29(36)30(34(28)21-24-9-6-18-37-24)13-16-33(17-14-30)15-12-22-7-2-1-3-8-22/h1-11,18,20,27,31H,12-17,19,21H2,(H,32,36). The van der Waals surface area contributed by atoms with Gasteiger partial charge in [0.2, 0.25) is 11.8 Å². The van der Waals surface area contributed by atoms with Gasteiger partial charge in [-0.15, -0.1) is 0 Å². The van der Waals surface area contributed by atoms with Gasteiger partial charge < -0.3 is 24.5 Å². The zero-order valence-electron chi connectivity index (χ0n) is 20.9. The van der Waals surface area contributed by atoms with Crippen LogP contribution in [-0.2, 0) is 29.0 Å². The van der Waals surface area contributed by atoms with E-state index < -0.39 is 11.6 Å². The number of carbonyl (C=O) groups is 2. The van der Waals surface area contributed by atoms with Crippen LogP contribution in [0, 0.1) is 0 Å². The summed E-state index contributed by atoms with van der Waals surface area (Å²) in [7, 11) is 0. The van der Waals surface area contributed by atoms with Gasteiger partial charge in [-0.2, -0.15) is 0 Å². The van der Waals surface area contributed by atoms with Crippen molar-refractivity contribution >= 4 is 22.7 Å². The number of aromatic amines is 1. The average molecular weight is 497 g/mol. The molecule has 6 rings (SSSR count). The van der Waals surface area contributed by atoms with Crippen molar-refractivity contribution in [2.24, 2.45) is 0 Å². The fourth-order valence-electron chi connectivity index (χ4n) is 5.90. The van der Waals surface area contributed by atoms with Crippen molar-refractivity contribution in [2.75, 3.05) is 19.6 Å². The number of aromatic nitrogens is 1. The van der Waals surface area contributed by atoms with Crippen molar-refractivity contribution in [1.82, 2.24) is 20.1 Å². The fraction of sp³-hybridized carbons (Fsp3) is 0.333. The van der Waals surface area contributed by atoms with Crippen molar-refractivity contribution in [2.45, 2.75) is 43.8 Å². The summed E-state index contributed by atoms with van der Waals surface area (Å²) < 4.78 is 5.62. The Bertz CT molecular complexity index is 1370. The van der Waals surface area contributed by atoms with Crippen LogP contribution in [-0.4, -0.2) is 57.8 Å². The molecule has 2 aliphatic heterocycles. The lowest BCUT2D eigenvalue weighted by atomic mass is 9.81. The molecule has 7 heteroatoms. The van der Waals surface area contributed by atoms with E-state index in [0.29, 0.717) is 31.6 Å². The summed E-state index contributed by atoms with van der Waals surface area (Å²) >= 11 is 0. The maximum atomic E-state index is 14.0. The minimum absolute atomic E-state index is 0.0426. The van der Waals surface area contributed by atoms with Gasteiger partial charge in [-0.05, 0) is 48.6 Å². The van der Waals surface area contributed by atoms with Gasteiger partial charge in [-0.1, -0.05) is 48.5 Å². The number of hydrogen-bond acceptors (Lipinski definition) is 4. The van der Waals surface area contributed by atoms with E-state index >= 15 is 0 Å². The lowest BCUT2D eigenvalue weighted by molar-refractivity contribution is -0.162. The Morgan fingerprint density at radius 3 is 2.51 bits per heavy atom. The molecular weight excluding hydrogens is 464 g/mol. The molecule has 7 nitrogen and oxygen atoms in total. The van der Waals surface area contributed by atoms with Gasteiger partial charge in [0, 0.05) is 43.2 Å². The lowest BCUT2D eigenvalue weighted by Gasteiger charge is -2.51. The summed E-state index contributed by atoms with van der Waals surface area (Å²) in [5.74, 6) is 0.602. The number of amides is 2. The molecule has 1 spiro atoms. The van der Waals surface area contributed by atoms with Crippen molar-refractivity contribution in [1.29, 1.82) is 0 Å². The maximum absolute atomic E-state index is 14.0. The number of para-hydroxylation sites is 1. The number of rotatable bonds is 7. The quantitative estimate of drug-likeness (QED) is 0.407. The third-order valence-electron chi connectivity index (χ3n) is 8.04. The molecular formula is C30H32N4O3. The highest BCUT2D eigenvalue weighted by atomic mass is 16.3. The average Bonchev–Trinajstić information content (AvgIpc) is 3.60. The number of piperidine rings is 1. The van der Waals surface area contributed by atoms with Crippen molar-refractivity contribution in [3.05, 3.63) is 96.1 Å². The highest BCUT2D eigenvalue weighted by molar-refractivity contribution is 6.00. The highest BCUT2D eigenvalue weighted by Crippen LogP contribution is 2.35. The Balaban J connectivity index is 1.21. The first-order valence-corrected chi connectivity index (χ1v) is 13.1. The SMILES string of the molecule is O=C1C(Cc2c[nH]c3ccccc23)NC(=O)C2(CCN(CCc3ccccc3)CC2)N1Cc1ccco1. The Kier molecular flexibility index (Phi) is 6.30. The zero-order chi connectivity index (χ0) is 25.2. The van der Waals surface area contributed by atoms with Crippen molar-refractivity contribution < 1.29 is 14.0 Å². The second-order valence-corrected chi connectivity index (χ2v) is 10.2. The molecule has 2 aromatic carbocycles. The predicted molar refractivity (Wildman–Crippen MR) is 142 cm³/mol. The zero-order valence-corrected chi connectivity index (χ0v) is 20.9. The Morgan fingerprint density at radius 1 is 0.946 bits per heavy atom. The minimum atomic E-state index is -0.857. The smallest absolute Gasteiger partial charge is 0.246 e. The first kappa shape index (κ1) is 23.6. The van der Waals surface area contributed by atoms with Gasteiger partial charge in [-0.25, -0.2) is 0 Å². The number of nitrogens with one attached hydrogen (secondary N) is 2. The summed E-state index contributed by atoms with van der Waals surface area (Å²) in [6, 6.07) is 21.6. The molecule has 0 radical (unpaired) electrons. The highest BCUT2D eigenvalue weighted by Gasteiger charge is 2.53. The van der Waals surface area contributed by atoms with Crippen molar-refractivity contribution in [3.63, 3.8) is 0 Å². The predicted octanol–water partition coefficient (Wildman–Crippen LogP) is 3.91. The minimum Gasteiger partial charge on any atom is -0.467 e. The second-order valence-electron chi connectivity index (χ2n) is 10.2. The third kappa shape index (κ3) is 4.55. The van der Waals surface area contributed by atoms with Crippen LogP contribution in [0.5, 0.6) is 0 Å². The molecule has 1 unspecified atom stereocenters. The normalized spacial score (nSPS) is 20.0. The van der Waals surface area contributed by atoms with Crippen LogP contribution in [0.1, 0.15) is 29.7 Å². The largest absolute Gasteiger partial charge is 0.467 e. The molecule has 2 saturated heterocycles. The molecule has 37 heavy (non-hydrogen) atoms. The van der Waals surface area contributed by atoms with Gasteiger partial charge in [0.1, 0.15) is 17.3 Å². The van der Waals surface area contributed by atoms with Gasteiger partial charge in [0.25, 0.3) is 0 Å². The first-order valence-electron chi connectivity index (χ1n) is 13.1. The Morgan fingerprint density at radius 2 is 1.73 bits per heavy atom. The van der Waals surface area contributed by atoms with Crippen molar-refractivity contribution in [3.8, 4) is 0 Å². The van der Waals surface area contributed by atoms with E-state index in [0.717, 1.165) is 42.5 Å². The van der Waals surface area contributed by atoms with Gasteiger partial charge in [0.15, 0.2) is 0 Å². The number of nitrogens with zero attached hydrogens (tertiary/aromatic N) is 2. The topological polar surface area (TPSA) is 81.6 Å². The number of furan rings is 1. The molecule has 0 aliphatic carbocycles. The van der Waals surface area contributed by atoms with Gasteiger partial charge in [-0.3, -0.25) is 9.59 Å². The summed E-state index contributed by atoms with van der Waals surface area (Å²) in [6.45, 7) is 2.79. The number of hydrogen-bond donors (Lipinski definition) is 2. The summed E-state index contributed by atoms with van der Waals surface area (Å²) in [5, 5.41) is 4.20. The van der Waals surface area contributed by atoms with E-state index in [1.165, 1.54) is 5.56 Å². The van der Waals surface area contributed by atoms with Gasteiger partial charge >= 0.3 is 0 Å². The van der Waals surface area contributed by atoms with Crippen LogP contribution in [0.15, 0.2) is 83.6 Å². The van der Waals surface area contributed by atoms with E-state index in [1.54, 1.807) is 11.2 Å². The molecule has 2 aromatic heterocycles. The number of likely N-dealkylation sites (tertiary alicyclic amines) is 1. The van der Waals surface area contributed by atoms with E-state index in [-0.39, 0.29) is 11.8 Å². The number of H-pyrrole nitrogens is 1. The monoisotopic (exact) mass is 496 g/mol. The van der Waals surface area contributed by atoms with E-state index in [2.05, 4.69) is 39.5 Å². The van der Waals surface area contributed by atoms with Crippen LogP contribution < -0.4 is 5.32 Å². The van der Waals surface area contributed by atoms with Crippen LogP contribution in [0.2, 0.25) is 0 Å². The molecule has 2 fully saturated rings. The molecule has 2 aliphatic rings. The number of piperazine rings is 1. The summed E-state index contributed by atoms with van der Waals surface area (Å²) in [5.41, 5.74) is 2.51. The first-order chi connectivity index (χ1) is 18.1. The van der Waals surface area contributed by atoms with Crippen LogP contribution in [0.25, 0.3) is 10.9 Å². The molecule has 190 valence electrons. The molecule has 4 heterocycles. The maximum Gasteiger partial charge on any atom is 0.246 e. The molecule has 2 N–H and O–H groups in total. The molecule has 2 amide bonds. The molecule has 1 atom stereocenters. The summed E-state index contributed by atoms with van der Waals surface area (Å²) in [4.78, 5) is 35.2. The number of fused-ring (bicyclic) bond motifs is 1. The lowest BCUT2D eigenvalue weighted by Crippen LogP contribution is -2.72. The third-order valence-corrected chi connectivity index (χ3v) is 8.04. The molecule has 0 bridgehead atoms. The van der Waals surface area contributed by atoms with Crippen LogP contribution >= 0.6 is 0 Å². The van der Waals surface area contributed by atoms with E-state index in [9.17, 15) is 9.59 Å². The fourth-order valence-corrected chi connectivity index (χ4v) is 5.90. The molecule has 0 saturated carbocycles. The Hall–Kier alpha value is -3.84. The second kappa shape index (κ2) is 9.90.